The van der Waals surface area contributed by atoms with Crippen molar-refractivity contribution in [1.82, 2.24) is 0 Å². The third-order valence-electron chi connectivity index (χ3n) is 2.90. The molecular formula is C15H16N2O2S. The molecule has 0 spiro atoms. The van der Waals surface area contributed by atoms with Gasteiger partial charge in [0.15, 0.2) is 11.5 Å². The van der Waals surface area contributed by atoms with E-state index in [0.717, 1.165) is 5.56 Å². The van der Waals surface area contributed by atoms with E-state index in [1.54, 1.807) is 36.6 Å². The molecule has 2 rings (SSSR count). The van der Waals surface area contributed by atoms with E-state index in [2.05, 4.69) is 6.07 Å². The highest BCUT2D eigenvalue weighted by Gasteiger charge is 2.20. The van der Waals surface area contributed by atoms with Gasteiger partial charge in [-0.05, 0) is 35.9 Å². The molecule has 0 saturated carbocycles. The molecule has 104 valence electrons. The molecule has 0 amide bonds. The third kappa shape index (κ3) is 3.10. The van der Waals surface area contributed by atoms with Crippen LogP contribution in [0.5, 0.6) is 11.5 Å². The van der Waals surface area contributed by atoms with Crippen LogP contribution in [-0.2, 0) is 0 Å². The minimum Gasteiger partial charge on any atom is -0.493 e. The van der Waals surface area contributed by atoms with Crippen LogP contribution in [0, 0.1) is 11.3 Å². The summed E-state index contributed by atoms with van der Waals surface area (Å²) in [5.74, 6) is 1.12. The molecule has 1 heterocycles. The summed E-state index contributed by atoms with van der Waals surface area (Å²) in [6.07, 6.45) is -0.247. The standard InChI is InChI=1S/C15H16N2O2S/c1-10(17)15(12-5-6-20-9-12)19-13-4-3-11(8-16)7-14(13)18-2/h3-7,9-10,15H,17H2,1-2H3. The number of thiophene rings is 1. The summed E-state index contributed by atoms with van der Waals surface area (Å²) in [4.78, 5) is 0. The van der Waals surface area contributed by atoms with Crippen LogP contribution in [0.2, 0.25) is 0 Å². The number of rotatable bonds is 5. The Hall–Kier alpha value is -2.03. The Labute approximate surface area is 122 Å². The molecule has 0 fully saturated rings. The van der Waals surface area contributed by atoms with E-state index in [4.69, 9.17) is 20.5 Å². The SMILES string of the molecule is COc1cc(C#N)ccc1OC(c1ccsc1)C(C)N. The minimum atomic E-state index is -0.247. The Kier molecular flexibility index (Phi) is 4.61. The van der Waals surface area contributed by atoms with Gasteiger partial charge in [-0.3, -0.25) is 0 Å². The molecule has 0 bridgehead atoms. The molecule has 2 N–H and O–H groups in total. The van der Waals surface area contributed by atoms with E-state index >= 15 is 0 Å². The fourth-order valence-electron chi connectivity index (χ4n) is 1.89. The second-order valence-corrected chi connectivity index (χ2v) is 5.21. The normalized spacial score (nSPS) is 13.3. The third-order valence-corrected chi connectivity index (χ3v) is 3.60. The van der Waals surface area contributed by atoms with Crippen LogP contribution in [0.4, 0.5) is 0 Å². The van der Waals surface area contributed by atoms with Crippen LogP contribution >= 0.6 is 11.3 Å². The van der Waals surface area contributed by atoms with Gasteiger partial charge in [0.05, 0.1) is 18.7 Å². The van der Waals surface area contributed by atoms with E-state index in [9.17, 15) is 0 Å². The molecule has 0 aliphatic carbocycles. The van der Waals surface area contributed by atoms with E-state index in [1.165, 1.54) is 0 Å². The summed E-state index contributed by atoms with van der Waals surface area (Å²) in [7, 11) is 1.55. The second kappa shape index (κ2) is 6.42. The summed E-state index contributed by atoms with van der Waals surface area (Å²) in [6.45, 7) is 1.90. The smallest absolute Gasteiger partial charge is 0.162 e. The molecule has 2 unspecified atom stereocenters. The number of benzene rings is 1. The van der Waals surface area contributed by atoms with Gasteiger partial charge in [0.2, 0.25) is 0 Å². The van der Waals surface area contributed by atoms with Gasteiger partial charge in [-0.2, -0.15) is 16.6 Å². The van der Waals surface area contributed by atoms with Gasteiger partial charge in [0.1, 0.15) is 6.10 Å². The van der Waals surface area contributed by atoms with Crippen LogP contribution < -0.4 is 15.2 Å². The van der Waals surface area contributed by atoms with Gasteiger partial charge in [-0.15, -0.1) is 0 Å². The molecule has 4 nitrogen and oxygen atoms in total. The molecule has 0 aliphatic rings. The van der Waals surface area contributed by atoms with E-state index in [1.807, 2.05) is 23.8 Å². The molecule has 2 aromatic rings. The monoisotopic (exact) mass is 288 g/mol. The van der Waals surface area contributed by atoms with Gasteiger partial charge in [0.25, 0.3) is 0 Å². The first-order valence-electron chi connectivity index (χ1n) is 6.18. The van der Waals surface area contributed by atoms with Crippen LogP contribution in [-0.4, -0.2) is 13.2 Å². The minimum absolute atomic E-state index is 0.162. The average molecular weight is 288 g/mol. The predicted octanol–water partition coefficient (Wildman–Crippen LogP) is 3.10. The lowest BCUT2D eigenvalue weighted by Gasteiger charge is -2.23. The van der Waals surface area contributed by atoms with Gasteiger partial charge >= 0.3 is 0 Å². The molecule has 0 radical (unpaired) electrons. The lowest BCUT2D eigenvalue weighted by atomic mass is 10.1. The van der Waals surface area contributed by atoms with Crippen LogP contribution in [0.3, 0.4) is 0 Å². The molecule has 1 aromatic heterocycles. The van der Waals surface area contributed by atoms with Crippen molar-refractivity contribution in [3.8, 4) is 17.6 Å². The lowest BCUT2D eigenvalue weighted by molar-refractivity contribution is 0.173. The average Bonchev–Trinajstić information content (AvgIpc) is 2.98. The van der Waals surface area contributed by atoms with Gasteiger partial charge in [0, 0.05) is 17.7 Å². The summed E-state index contributed by atoms with van der Waals surface area (Å²) in [5.41, 5.74) is 7.58. The molecular weight excluding hydrogens is 272 g/mol. The summed E-state index contributed by atoms with van der Waals surface area (Å²) in [5, 5.41) is 12.9. The quantitative estimate of drug-likeness (QED) is 0.918. The molecule has 0 aliphatic heterocycles. The van der Waals surface area contributed by atoms with Crippen molar-refractivity contribution in [2.75, 3.05) is 7.11 Å². The van der Waals surface area contributed by atoms with E-state index in [0.29, 0.717) is 17.1 Å². The van der Waals surface area contributed by atoms with Crippen molar-refractivity contribution in [3.63, 3.8) is 0 Å². The van der Waals surface area contributed by atoms with Crippen molar-refractivity contribution in [3.05, 3.63) is 46.2 Å². The first-order chi connectivity index (χ1) is 9.65. The number of hydrogen-bond acceptors (Lipinski definition) is 5. The molecule has 2 atom stereocenters. The first-order valence-corrected chi connectivity index (χ1v) is 7.12. The zero-order chi connectivity index (χ0) is 14.5. The van der Waals surface area contributed by atoms with Crippen molar-refractivity contribution in [1.29, 1.82) is 5.26 Å². The van der Waals surface area contributed by atoms with Crippen molar-refractivity contribution in [2.24, 2.45) is 5.73 Å². The topological polar surface area (TPSA) is 68.3 Å². The summed E-state index contributed by atoms with van der Waals surface area (Å²) < 4.78 is 11.3. The largest absolute Gasteiger partial charge is 0.493 e. The summed E-state index contributed by atoms with van der Waals surface area (Å²) >= 11 is 1.60. The van der Waals surface area contributed by atoms with Crippen molar-refractivity contribution >= 4 is 11.3 Å². The Bertz CT molecular complexity index is 603. The highest BCUT2D eigenvalue weighted by molar-refractivity contribution is 7.07. The number of nitrogens with two attached hydrogens (primary N) is 1. The van der Waals surface area contributed by atoms with Crippen molar-refractivity contribution in [2.45, 2.75) is 19.1 Å². The second-order valence-electron chi connectivity index (χ2n) is 4.43. The fraction of sp³-hybridized carbons (Fsp3) is 0.267. The van der Waals surface area contributed by atoms with E-state index < -0.39 is 0 Å². The molecule has 20 heavy (non-hydrogen) atoms. The van der Waals surface area contributed by atoms with Crippen LogP contribution in [0.15, 0.2) is 35.0 Å². The Morgan fingerprint density at radius 2 is 2.10 bits per heavy atom. The number of nitriles is 1. The van der Waals surface area contributed by atoms with Gasteiger partial charge < -0.3 is 15.2 Å². The first kappa shape index (κ1) is 14.4. The maximum atomic E-state index is 8.90. The fourth-order valence-corrected chi connectivity index (χ4v) is 2.57. The Morgan fingerprint density at radius 3 is 2.65 bits per heavy atom. The summed E-state index contributed by atoms with van der Waals surface area (Å²) in [6, 6.07) is 8.99. The number of hydrogen-bond donors (Lipinski definition) is 1. The molecule has 0 saturated heterocycles. The van der Waals surface area contributed by atoms with Crippen LogP contribution in [0.1, 0.15) is 24.2 Å². The highest BCUT2D eigenvalue weighted by atomic mass is 32.1. The number of ether oxygens (including phenoxy) is 2. The lowest BCUT2D eigenvalue weighted by Crippen LogP contribution is -2.28. The van der Waals surface area contributed by atoms with Gasteiger partial charge in [-0.25, -0.2) is 0 Å². The molecule has 5 heteroatoms. The maximum Gasteiger partial charge on any atom is 0.162 e. The predicted molar refractivity (Wildman–Crippen MR) is 79.0 cm³/mol. The Morgan fingerprint density at radius 1 is 1.30 bits per heavy atom. The Balaban J connectivity index is 2.30. The number of nitrogens with zero attached hydrogens (tertiary/aromatic N) is 1. The van der Waals surface area contributed by atoms with Crippen LogP contribution in [0.25, 0.3) is 0 Å². The zero-order valence-corrected chi connectivity index (χ0v) is 12.2. The highest BCUT2D eigenvalue weighted by Crippen LogP contribution is 2.33. The zero-order valence-electron chi connectivity index (χ0n) is 11.4. The van der Waals surface area contributed by atoms with Gasteiger partial charge in [-0.1, -0.05) is 0 Å². The number of methoxy groups -OCH3 is 1. The maximum absolute atomic E-state index is 8.90. The van der Waals surface area contributed by atoms with Crippen molar-refractivity contribution < 1.29 is 9.47 Å². The van der Waals surface area contributed by atoms with E-state index in [-0.39, 0.29) is 12.1 Å². The molecule has 1 aromatic carbocycles.